The Hall–Kier alpha value is -1.37. The van der Waals surface area contributed by atoms with Crippen molar-refractivity contribution >= 4 is 35.4 Å². The smallest absolute Gasteiger partial charge is 0.462 e. The number of rotatable bonds is 44. The minimum absolute atomic E-state index is 0.00606. The predicted octanol–water partition coefficient (Wildman–Crippen LogP) is 9.85. The van der Waals surface area contributed by atoms with Gasteiger partial charge in [0, 0.05) is 12.8 Å². The van der Waals surface area contributed by atoms with E-state index in [1.165, 1.54) is 64.2 Å². The third-order valence-corrected chi connectivity index (χ3v) is 13.8. The molecule has 8 unspecified atom stereocenters. The molecule has 1 aliphatic carbocycles. The quantitative estimate of drug-likeness (QED) is 0.0122. The summed E-state index contributed by atoms with van der Waals surface area (Å²) in [5.41, 5.74) is 0. The lowest BCUT2D eigenvalue weighted by molar-refractivity contribution is -0.213. The van der Waals surface area contributed by atoms with Crippen LogP contribution in [0.15, 0.2) is 24.3 Å². The van der Waals surface area contributed by atoms with Crippen LogP contribution in [0, 0.1) is 0 Å². The van der Waals surface area contributed by atoms with Crippen LogP contribution >= 0.6 is 23.5 Å². The lowest BCUT2D eigenvalue weighted by Crippen LogP contribution is -2.65. The number of hydrogen-bond donors (Lipinski definition) is 8. The molecule has 0 radical (unpaired) electrons. The van der Waals surface area contributed by atoms with E-state index in [1.54, 1.807) is 0 Å². The second kappa shape index (κ2) is 39.1. The fourth-order valence-electron chi connectivity index (χ4n) is 7.87. The highest BCUT2D eigenvalue weighted by Crippen LogP contribution is 2.51. The van der Waals surface area contributed by atoms with Crippen LogP contribution in [0.4, 0.5) is 0 Å². The molecule has 406 valence electrons. The summed E-state index contributed by atoms with van der Waals surface area (Å²) in [4.78, 5) is 73.3. The average molecular weight is 1050 g/mol. The zero-order valence-corrected chi connectivity index (χ0v) is 44.1. The Morgan fingerprint density at radius 1 is 0.449 bits per heavy atom. The van der Waals surface area contributed by atoms with E-state index in [4.69, 9.17) is 18.5 Å². The molecule has 1 fully saturated rings. The SMILES string of the molecule is CCCCCCC=CCCCCCCCCCC(=O)OC(COC(=O)CCCCCCCCCC=CCCCCCCCC)COP(=O)(O)OC1C(O)C(O)C(OP(=O)(O)O)C(OP(=O)(O)O)C1O. The van der Waals surface area contributed by atoms with Crippen molar-refractivity contribution in [3.05, 3.63) is 24.3 Å². The molecule has 69 heavy (non-hydrogen) atoms. The molecule has 1 saturated carbocycles. The van der Waals surface area contributed by atoms with E-state index in [2.05, 4.69) is 47.2 Å². The van der Waals surface area contributed by atoms with Crippen LogP contribution in [0.3, 0.4) is 0 Å². The Labute approximate surface area is 411 Å². The summed E-state index contributed by atoms with van der Waals surface area (Å²) < 4.78 is 65.6. The molecule has 8 atom stereocenters. The van der Waals surface area contributed by atoms with E-state index in [1.807, 2.05) is 0 Å². The summed E-state index contributed by atoms with van der Waals surface area (Å²) in [5, 5.41) is 31.9. The highest BCUT2D eigenvalue weighted by molar-refractivity contribution is 7.47. The van der Waals surface area contributed by atoms with Gasteiger partial charge in [-0.1, -0.05) is 154 Å². The number of ether oxygens (including phenoxy) is 2. The first-order chi connectivity index (χ1) is 32.8. The van der Waals surface area contributed by atoms with Crippen molar-refractivity contribution in [1.82, 2.24) is 0 Å². The van der Waals surface area contributed by atoms with Crippen molar-refractivity contribution in [1.29, 1.82) is 0 Å². The summed E-state index contributed by atoms with van der Waals surface area (Å²) in [6.07, 6.45) is 23.2. The van der Waals surface area contributed by atoms with Gasteiger partial charge >= 0.3 is 35.4 Å². The summed E-state index contributed by atoms with van der Waals surface area (Å²) >= 11 is 0. The molecule has 0 spiro atoms. The summed E-state index contributed by atoms with van der Waals surface area (Å²) in [6.45, 7) is 2.94. The third kappa shape index (κ3) is 35.4. The topological polar surface area (TPSA) is 303 Å². The molecule has 0 saturated heterocycles. The van der Waals surface area contributed by atoms with Gasteiger partial charge in [-0.2, -0.15) is 0 Å². The van der Waals surface area contributed by atoms with Crippen molar-refractivity contribution < 1.29 is 90.6 Å². The molecule has 22 heteroatoms. The number of allylic oxidation sites excluding steroid dienone is 4. The second-order valence-electron chi connectivity index (χ2n) is 18.1. The molecule has 1 aliphatic rings. The molecule has 0 heterocycles. The summed E-state index contributed by atoms with van der Waals surface area (Å²) in [6, 6.07) is 0. The van der Waals surface area contributed by atoms with Crippen LogP contribution in [0.5, 0.6) is 0 Å². The molecule has 0 amide bonds. The first kappa shape index (κ1) is 65.6. The van der Waals surface area contributed by atoms with Crippen LogP contribution in [0.25, 0.3) is 0 Å². The normalized spacial score (nSPS) is 21.5. The summed E-state index contributed by atoms with van der Waals surface area (Å²) in [5.74, 6) is -1.30. The third-order valence-electron chi connectivity index (χ3n) is 11.7. The Morgan fingerprint density at radius 3 is 1.22 bits per heavy atom. The van der Waals surface area contributed by atoms with Gasteiger partial charge in [-0.05, 0) is 64.2 Å². The number of unbranched alkanes of at least 4 members (excludes halogenated alkanes) is 24. The lowest BCUT2D eigenvalue weighted by atomic mass is 9.85. The first-order valence-corrected chi connectivity index (χ1v) is 30.2. The number of aliphatic hydroxyl groups is 3. The van der Waals surface area contributed by atoms with Crippen molar-refractivity contribution in [2.75, 3.05) is 13.2 Å². The second-order valence-corrected chi connectivity index (χ2v) is 21.9. The fourth-order valence-corrected chi connectivity index (χ4v) is 9.96. The highest BCUT2D eigenvalue weighted by Gasteiger charge is 2.56. The molecule has 0 bridgehead atoms. The molecule has 0 aromatic heterocycles. The number of phosphoric ester groups is 3. The van der Waals surface area contributed by atoms with Crippen LogP contribution in [0.1, 0.15) is 206 Å². The van der Waals surface area contributed by atoms with Gasteiger partial charge in [-0.15, -0.1) is 0 Å². The molecule has 1 rings (SSSR count). The maximum atomic E-state index is 13.1. The number of phosphoric acid groups is 3. The van der Waals surface area contributed by atoms with Gasteiger partial charge in [-0.3, -0.25) is 27.7 Å². The van der Waals surface area contributed by atoms with Crippen LogP contribution in [-0.2, 0) is 50.9 Å². The largest absolute Gasteiger partial charge is 0.472 e. The molecule has 0 aromatic carbocycles. The predicted molar refractivity (Wildman–Crippen MR) is 261 cm³/mol. The standard InChI is InChI=1S/C47H89O19P3/c1-3-5-7-9-11-13-15-17-19-20-22-23-25-27-29-31-33-35-40(48)61-37-39(63-41(49)36-34-32-30-28-26-24-21-18-16-14-12-10-8-6-4-2)38-62-69(59,60)66-45-42(50)43(51)46(64-67(53,54)55)47(44(45)52)65-68(56,57)58/h14,16-17,19,39,42-47,50-52H,3-13,15,18,20-38H2,1-2H3,(H,59,60)(H2,53,54,55)(H2,56,57,58). The van der Waals surface area contributed by atoms with Crippen molar-refractivity contribution in [2.45, 2.75) is 249 Å². The van der Waals surface area contributed by atoms with Crippen molar-refractivity contribution in [3.8, 4) is 0 Å². The molecular weight excluding hydrogens is 961 g/mol. The Balaban J connectivity index is 2.69. The van der Waals surface area contributed by atoms with Gasteiger partial charge in [0.05, 0.1) is 6.61 Å². The maximum Gasteiger partial charge on any atom is 0.472 e. The van der Waals surface area contributed by atoms with E-state index in [-0.39, 0.29) is 12.8 Å². The van der Waals surface area contributed by atoms with Gasteiger partial charge in [-0.25, -0.2) is 13.7 Å². The van der Waals surface area contributed by atoms with E-state index >= 15 is 0 Å². The Morgan fingerprint density at radius 2 is 0.797 bits per heavy atom. The number of esters is 2. The van der Waals surface area contributed by atoms with Gasteiger partial charge in [0.1, 0.15) is 43.2 Å². The van der Waals surface area contributed by atoms with Crippen molar-refractivity contribution in [3.63, 3.8) is 0 Å². The first-order valence-electron chi connectivity index (χ1n) is 25.6. The minimum atomic E-state index is -5.60. The number of carbonyl (C=O) groups excluding carboxylic acids is 2. The zero-order chi connectivity index (χ0) is 51.4. The van der Waals surface area contributed by atoms with E-state index in [0.29, 0.717) is 12.8 Å². The maximum absolute atomic E-state index is 13.1. The minimum Gasteiger partial charge on any atom is -0.462 e. The molecule has 0 aliphatic heterocycles. The van der Waals surface area contributed by atoms with Gasteiger partial charge in [0.15, 0.2) is 6.10 Å². The molecule has 19 nitrogen and oxygen atoms in total. The van der Waals surface area contributed by atoms with Gasteiger partial charge in [0.25, 0.3) is 0 Å². The van der Waals surface area contributed by atoms with Gasteiger partial charge in [0.2, 0.25) is 0 Å². The monoisotopic (exact) mass is 1050 g/mol. The molecular formula is C47H89O19P3. The van der Waals surface area contributed by atoms with Crippen LogP contribution < -0.4 is 0 Å². The average Bonchev–Trinajstić information content (AvgIpc) is 3.28. The number of carbonyl (C=O) groups is 2. The highest BCUT2D eigenvalue weighted by atomic mass is 31.2. The van der Waals surface area contributed by atoms with E-state index in [0.717, 1.165) is 103 Å². The van der Waals surface area contributed by atoms with E-state index in [9.17, 15) is 63.1 Å². The zero-order valence-electron chi connectivity index (χ0n) is 41.4. The Kier molecular flexibility index (Phi) is 37.2. The Bertz CT molecular complexity index is 1540. The van der Waals surface area contributed by atoms with Crippen molar-refractivity contribution in [2.24, 2.45) is 0 Å². The number of hydrogen-bond acceptors (Lipinski definition) is 14. The number of aliphatic hydroxyl groups excluding tert-OH is 3. The van der Waals surface area contributed by atoms with Gasteiger partial charge < -0.3 is 49.3 Å². The molecule has 0 aromatic rings. The van der Waals surface area contributed by atoms with Crippen LogP contribution in [-0.4, -0.2) is 108 Å². The molecule has 8 N–H and O–H groups in total. The lowest BCUT2D eigenvalue weighted by Gasteiger charge is -2.44. The fraction of sp³-hybridized carbons (Fsp3) is 0.872. The van der Waals surface area contributed by atoms with Crippen LogP contribution in [0.2, 0.25) is 0 Å². The summed E-state index contributed by atoms with van der Waals surface area (Å²) in [7, 11) is -16.6. The van der Waals surface area contributed by atoms with E-state index < -0.39 is 91.3 Å².